The Hall–Kier alpha value is -2.02. The number of hydrogen-bond donors (Lipinski definition) is 3. The van der Waals surface area contributed by atoms with Gasteiger partial charge in [-0.2, -0.15) is 5.10 Å². The Morgan fingerprint density at radius 3 is 2.89 bits per heavy atom. The van der Waals surface area contributed by atoms with E-state index in [0.29, 0.717) is 24.8 Å². The molecule has 2 aromatic heterocycles. The first-order valence-corrected chi connectivity index (χ1v) is 5.81. The molecule has 0 unspecified atom stereocenters. The fourth-order valence-corrected chi connectivity index (χ4v) is 1.49. The third kappa shape index (κ3) is 3.24. The molecule has 0 aromatic carbocycles. The molecule has 3 N–H and O–H groups in total. The maximum atomic E-state index is 10.8. The Balaban J connectivity index is 1.90. The smallest absolute Gasteiger partial charge is 0.304 e. The van der Waals surface area contributed by atoms with Crippen molar-refractivity contribution in [2.24, 2.45) is 0 Å². The quantitative estimate of drug-likeness (QED) is 0.706. The van der Waals surface area contributed by atoms with Gasteiger partial charge in [-0.05, 0) is 6.07 Å². The summed E-state index contributed by atoms with van der Waals surface area (Å²) in [6.45, 7) is 5.21. The minimum atomic E-state index is -0.295. The first kappa shape index (κ1) is 12.4. The van der Waals surface area contributed by atoms with Crippen LogP contribution in [0.3, 0.4) is 0 Å². The number of aromatic amines is 2. The van der Waals surface area contributed by atoms with Crippen LogP contribution in [0.5, 0.6) is 0 Å². The van der Waals surface area contributed by atoms with Gasteiger partial charge in [-0.15, -0.1) is 0 Å². The minimum Gasteiger partial charge on any atom is -0.304 e. The highest BCUT2D eigenvalue weighted by Crippen LogP contribution is 2.07. The molecule has 0 radical (unpaired) electrons. The van der Waals surface area contributed by atoms with Crippen molar-refractivity contribution in [3.63, 3.8) is 0 Å². The molecule has 0 spiro atoms. The lowest BCUT2D eigenvalue weighted by Crippen LogP contribution is -2.16. The Labute approximate surface area is 104 Å². The second kappa shape index (κ2) is 5.54. The molecule has 0 fully saturated rings. The second-order valence-corrected chi connectivity index (χ2v) is 4.29. The van der Waals surface area contributed by atoms with E-state index in [0.717, 1.165) is 11.5 Å². The Kier molecular flexibility index (Phi) is 3.83. The van der Waals surface area contributed by atoms with E-state index in [1.165, 1.54) is 0 Å². The van der Waals surface area contributed by atoms with Gasteiger partial charge < -0.3 is 5.32 Å². The van der Waals surface area contributed by atoms with Gasteiger partial charge in [0.2, 0.25) is 0 Å². The third-order valence-electron chi connectivity index (χ3n) is 2.40. The van der Waals surface area contributed by atoms with Crippen LogP contribution in [0.4, 0.5) is 0 Å². The molecule has 2 rings (SSSR count). The van der Waals surface area contributed by atoms with Crippen molar-refractivity contribution in [3.8, 4) is 0 Å². The summed E-state index contributed by atoms with van der Waals surface area (Å²) < 4.78 is 0. The largest absolute Gasteiger partial charge is 0.340 e. The van der Waals surface area contributed by atoms with E-state index in [-0.39, 0.29) is 5.69 Å². The van der Waals surface area contributed by atoms with Crippen LogP contribution >= 0.6 is 0 Å². The van der Waals surface area contributed by atoms with Crippen molar-refractivity contribution in [3.05, 3.63) is 40.1 Å². The van der Waals surface area contributed by atoms with E-state index < -0.39 is 0 Å². The fourth-order valence-electron chi connectivity index (χ4n) is 1.49. The predicted octanol–water partition coefficient (Wildman–Crippen LogP) is 0.301. The zero-order chi connectivity index (χ0) is 13.0. The van der Waals surface area contributed by atoms with Crippen molar-refractivity contribution in [2.75, 3.05) is 0 Å². The molecule has 0 aliphatic carbocycles. The number of hydrogen-bond acceptors (Lipinski definition) is 5. The highest BCUT2D eigenvalue weighted by atomic mass is 16.1. The summed E-state index contributed by atoms with van der Waals surface area (Å²) in [5.74, 6) is 1.73. The molecule has 0 aliphatic rings. The van der Waals surface area contributed by atoms with Gasteiger partial charge >= 0.3 is 5.69 Å². The average molecular weight is 248 g/mol. The first-order chi connectivity index (χ1) is 8.65. The van der Waals surface area contributed by atoms with Gasteiger partial charge in [-0.1, -0.05) is 13.8 Å². The lowest BCUT2D eigenvalue weighted by molar-refractivity contribution is 0.643. The van der Waals surface area contributed by atoms with Crippen molar-refractivity contribution in [1.82, 2.24) is 30.5 Å². The normalized spacial score (nSPS) is 11.1. The van der Waals surface area contributed by atoms with Crippen LogP contribution in [0, 0.1) is 0 Å². The molecule has 96 valence electrons. The van der Waals surface area contributed by atoms with Crippen LogP contribution in [-0.2, 0) is 13.1 Å². The van der Waals surface area contributed by atoms with Crippen LogP contribution < -0.4 is 11.0 Å². The summed E-state index contributed by atoms with van der Waals surface area (Å²) in [5, 5.41) is 9.27. The zero-order valence-corrected chi connectivity index (χ0v) is 10.4. The van der Waals surface area contributed by atoms with Crippen LogP contribution in [0.1, 0.15) is 37.1 Å². The SMILES string of the molecule is CC(C)c1nccc(CNCc2n[nH]c(=O)[nH]2)n1. The lowest BCUT2D eigenvalue weighted by atomic mass is 10.2. The van der Waals surface area contributed by atoms with Gasteiger partial charge in [-0.3, -0.25) is 4.98 Å². The van der Waals surface area contributed by atoms with Gasteiger partial charge in [0.25, 0.3) is 0 Å². The Bertz CT molecular complexity index is 558. The predicted molar refractivity (Wildman–Crippen MR) is 65.9 cm³/mol. The van der Waals surface area contributed by atoms with Gasteiger partial charge in [0.1, 0.15) is 11.6 Å². The average Bonchev–Trinajstić information content (AvgIpc) is 2.75. The maximum absolute atomic E-state index is 10.8. The van der Waals surface area contributed by atoms with Crippen molar-refractivity contribution in [2.45, 2.75) is 32.9 Å². The Morgan fingerprint density at radius 1 is 1.39 bits per heavy atom. The number of nitrogens with zero attached hydrogens (tertiary/aromatic N) is 3. The molecule has 0 aliphatic heterocycles. The molecular weight excluding hydrogens is 232 g/mol. The molecule has 0 saturated carbocycles. The number of nitrogens with one attached hydrogen (secondary N) is 3. The minimum absolute atomic E-state index is 0.295. The van der Waals surface area contributed by atoms with E-state index in [1.807, 2.05) is 6.07 Å². The first-order valence-electron chi connectivity index (χ1n) is 5.81. The van der Waals surface area contributed by atoms with Crippen molar-refractivity contribution < 1.29 is 0 Å². The summed E-state index contributed by atoms with van der Waals surface area (Å²) in [6.07, 6.45) is 1.76. The molecule has 0 atom stereocenters. The monoisotopic (exact) mass is 248 g/mol. The summed E-state index contributed by atoms with van der Waals surface area (Å²) in [6, 6.07) is 1.87. The van der Waals surface area contributed by atoms with Crippen molar-refractivity contribution >= 4 is 0 Å². The maximum Gasteiger partial charge on any atom is 0.340 e. The molecule has 7 heteroatoms. The topological polar surface area (TPSA) is 99.4 Å². The molecule has 0 saturated heterocycles. The highest BCUT2D eigenvalue weighted by molar-refractivity contribution is 5.04. The number of rotatable bonds is 5. The van der Waals surface area contributed by atoms with Crippen LogP contribution in [0.15, 0.2) is 17.1 Å². The standard InChI is InChI=1S/C11H16N6O/c1-7(2)10-13-4-3-8(14-10)5-12-6-9-15-11(18)17-16-9/h3-4,7,12H,5-6H2,1-2H3,(H2,15,16,17,18). The molecule has 0 amide bonds. The van der Waals surface area contributed by atoms with Crippen LogP contribution in [-0.4, -0.2) is 25.1 Å². The fraction of sp³-hybridized carbons (Fsp3) is 0.455. The molecule has 18 heavy (non-hydrogen) atoms. The van der Waals surface area contributed by atoms with Crippen LogP contribution in [0.2, 0.25) is 0 Å². The van der Waals surface area contributed by atoms with E-state index in [1.54, 1.807) is 6.20 Å². The zero-order valence-electron chi connectivity index (χ0n) is 10.4. The molecule has 2 aromatic rings. The number of H-pyrrole nitrogens is 2. The molecule has 0 bridgehead atoms. The summed E-state index contributed by atoms with van der Waals surface area (Å²) >= 11 is 0. The van der Waals surface area contributed by atoms with E-state index in [2.05, 4.69) is 44.3 Å². The second-order valence-electron chi connectivity index (χ2n) is 4.29. The van der Waals surface area contributed by atoms with Gasteiger partial charge in [0.05, 0.1) is 12.2 Å². The molecule has 7 nitrogen and oxygen atoms in total. The highest BCUT2D eigenvalue weighted by Gasteiger charge is 2.04. The summed E-state index contributed by atoms with van der Waals surface area (Å²) in [5.41, 5.74) is 0.627. The van der Waals surface area contributed by atoms with E-state index in [9.17, 15) is 4.79 Å². The van der Waals surface area contributed by atoms with Crippen molar-refractivity contribution in [1.29, 1.82) is 0 Å². The molecule has 2 heterocycles. The van der Waals surface area contributed by atoms with E-state index >= 15 is 0 Å². The lowest BCUT2D eigenvalue weighted by Gasteiger charge is -2.06. The van der Waals surface area contributed by atoms with Gasteiger partial charge in [-0.25, -0.2) is 19.9 Å². The van der Waals surface area contributed by atoms with Gasteiger partial charge in [0, 0.05) is 18.7 Å². The molecular formula is C11H16N6O. The number of aromatic nitrogens is 5. The third-order valence-corrected chi connectivity index (χ3v) is 2.40. The van der Waals surface area contributed by atoms with Crippen LogP contribution in [0.25, 0.3) is 0 Å². The Morgan fingerprint density at radius 2 is 2.22 bits per heavy atom. The van der Waals surface area contributed by atoms with E-state index in [4.69, 9.17) is 0 Å². The summed E-state index contributed by atoms with van der Waals surface area (Å²) in [7, 11) is 0. The van der Waals surface area contributed by atoms with Gasteiger partial charge in [0.15, 0.2) is 0 Å². The summed E-state index contributed by atoms with van der Waals surface area (Å²) in [4.78, 5) is 22.0.